The lowest BCUT2D eigenvalue weighted by Gasteiger charge is -2.31. The molecule has 1 saturated carbocycles. The molecule has 7 heteroatoms. The number of carboxylic acid groups (broad SMARTS) is 1. The van der Waals surface area contributed by atoms with E-state index in [1.807, 2.05) is 42.5 Å². The lowest BCUT2D eigenvalue weighted by atomic mass is 9.88. The first kappa shape index (κ1) is 23.7. The van der Waals surface area contributed by atoms with Gasteiger partial charge in [0.1, 0.15) is 17.4 Å². The number of hydrogen-bond donors (Lipinski definition) is 2. The minimum atomic E-state index is -1.05. The summed E-state index contributed by atoms with van der Waals surface area (Å²) in [4.78, 5) is 28.4. The van der Waals surface area contributed by atoms with Crippen LogP contribution in [0, 0.1) is 11.3 Å². The summed E-state index contributed by atoms with van der Waals surface area (Å²) in [6, 6.07) is 24.2. The van der Waals surface area contributed by atoms with E-state index in [2.05, 4.69) is 10.3 Å². The minimum Gasteiger partial charge on any atom is -0.482 e. The highest BCUT2D eigenvalue weighted by molar-refractivity contribution is 6.02. The largest absolute Gasteiger partial charge is 0.482 e. The molecular formula is C28H25N3O4. The van der Waals surface area contributed by atoms with E-state index >= 15 is 0 Å². The van der Waals surface area contributed by atoms with Gasteiger partial charge in [-0.15, -0.1) is 0 Å². The van der Waals surface area contributed by atoms with Crippen LogP contribution in [0.3, 0.4) is 0 Å². The van der Waals surface area contributed by atoms with Crippen LogP contribution in [0.15, 0.2) is 78.4 Å². The maximum Gasteiger partial charge on any atom is 0.341 e. The van der Waals surface area contributed by atoms with Gasteiger partial charge in [0, 0.05) is 5.56 Å². The zero-order valence-electron chi connectivity index (χ0n) is 19.1. The van der Waals surface area contributed by atoms with E-state index in [0.29, 0.717) is 17.1 Å². The van der Waals surface area contributed by atoms with Gasteiger partial charge in [0.05, 0.1) is 16.9 Å². The molecule has 2 aromatic carbocycles. The number of hydrogen-bond acceptors (Lipinski definition) is 5. The lowest BCUT2D eigenvalue weighted by Crippen LogP contribution is -2.44. The molecule has 1 aromatic heterocycles. The summed E-state index contributed by atoms with van der Waals surface area (Å²) in [5, 5.41) is 21.6. The quantitative estimate of drug-likeness (QED) is 0.367. The van der Waals surface area contributed by atoms with Gasteiger partial charge in [-0.05, 0) is 60.9 Å². The zero-order valence-corrected chi connectivity index (χ0v) is 19.1. The molecule has 1 fully saturated rings. The fourth-order valence-corrected chi connectivity index (χ4v) is 4.36. The monoisotopic (exact) mass is 467 g/mol. The topological polar surface area (TPSA) is 112 Å². The van der Waals surface area contributed by atoms with Crippen molar-refractivity contribution in [3.05, 3.63) is 89.6 Å². The lowest BCUT2D eigenvalue weighted by molar-refractivity contribution is -0.139. The van der Waals surface area contributed by atoms with Gasteiger partial charge in [0.15, 0.2) is 6.61 Å². The molecule has 3 aromatic rings. The summed E-state index contributed by atoms with van der Waals surface area (Å²) >= 11 is 0. The predicted octanol–water partition coefficient (Wildman–Crippen LogP) is 4.70. The van der Waals surface area contributed by atoms with E-state index in [1.165, 1.54) is 6.08 Å². The van der Waals surface area contributed by atoms with Gasteiger partial charge >= 0.3 is 5.97 Å². The number of carbonyl (C=O) groups is 2. The molecule has 0 bridgehead atoms. The highest BCUT2D eigenvalue weighted by Crippen LogP contribution is 2.38. The smallest absolute Gasteiger partial charge is 0.341 e. The Labute approximate surface area is 203 Å². The average Bonchev–Trinajstić information content (AvgIpc) is 3.36. The number of nitrogens with one attached hydrogen (secondary N) is 1. The van der Waals surface area contributed by atoms with Crippen LogP contribution in [-0.4, -0.2) is 28.6 Å². The number of aliphatic carboxylic acids is 1. The molecule has 0 aliphatic heterocycles. The third-order valence-corrected chi connectivity index (χ3v) is 6.08. The maximum atomic E-state index is 13.1. The molecule has 2 N–H and O–H groups in total. The van der Waals surface area contributed by atoms with Crippen molar-refractivity contribution >= 4 is 18.0 Å². The molecule has 0 radical (unpaired) electrons. The number of nitriles is 1. The van der Waals surface area contributed by atoms with Crippen LogP contribution in [0.1, 0.15) is 36.9 Å². The van der Waals surface area contributed by atoms with Crippen LogP contribution in [0.2, 0.25) is 0 Å². The number of benzene rings is 2. The Bertz CT molecular complexity index is 1270. The normalized spacial score (nSPS) is 14.7. The Morgan fingerprint density at radius 1 is 1.03 bits per heavy atom. The van der Waals surface area contributed by atoms with E-state index in [-0.39, 0.29) is 5.57 Å². The van der Waals surface area contributed by atoms with Gasteiger partial charge in [0.25, 0.3) is 5.91 Å². The van der Waals surface area contributed by atoms with Gasteiger partial charge in [-0.2, -0.15) is 5.26 Å². The number of pyridine rings is 1. The first-order valence-corrected chi connectivity index (χ1v) is 11.4. The second-order valence-electron chi connectivity index (χ2n) is 8.43. The fraction of sp³-hybridized carbons (Fsp3) is 0.214. The summed E-state index contributed by atoms with van der Waals surface area (Å²) < 4.78 is 5.16. The standard InChI is InChI=1S/C28H25N3O4/c29-18-21(27(34)31-28(15-4-5-16-28)22-7-2-1-3-8-22)17-23-9-6-10-25(30-23)20-11-13-24(14-12-20)35-19-26(32)33/h1-3,6-14,17H,4-5,15-16,19H2,(H,31,34)(H,32,33). The molecule has 0 saturated heterocycles. The van der Waals surface area contributed by atoms with E-state index in [0.717, 1.165) is 36.8 Å². The number of aromatic nitrogens is 1. The van der Waals surface area contributed by atoms with Gasteiger partial charge in [-0.1, -0.05) is 49.2 Å². The Kier molecular flexibility index (Phi) is 7.22. The van der Waals surface area contributed by atoms with Crippen LogP contribution in [0.25, 0.3) is 17.3 Å². The van der Waals surface area contributed by atoms with E-state index in [4.69, 9.17) is 9.84 Å². The Hall–Kier alpha value is -4.44. The third kappa shape index (κ3) is 5.74. The van der Waals surface area contributed by atoms with Crippen molar-refractivity contribution in [1.82, 2.24) is 10.3 Å². The summed E-state index contributed by atoms with van der Waals surface area (Å²) in [7, 11) is 0. The van der Waals surface area contributed by atoms with Crippen LogP contribution >= 0.6 is 0 Å². The molecular weight excluding hydrogens is 442 g/mol. The van der Waals surface area contributed by atoms with Crippen molar-refractivity contribution in [2.75, 3.05) is 6.61 Å². The molecule has 1 heterocycles. The highest BCUT2D eigenvalue weighted by Gasteiger charge is 2.37. The van der Waals surface area contributed by atoms with Crippen LogP contribution < -0.4 is 10.1 Å². The third-order valence-electron chi connectivity index (χ3n) is 6.08. The maximum absolute atomic E-state index is 13.1. The van der Waals surface area contributed by atoms with Crippen molar-refractivity contribution in [3.8, 4) is 23.1 Å². The summed E-state index contributed by atoms with van der Waals surface area (Å²) in [6.07, 6.45) is 5.20. The highest BCUT2D eigenvalue weighted by atomic mass is 16.5. The fourth-order valence-electron chi connectivity index (χ4n) is 4.36. The van der Waals surface area contributed by atoms with Crippen molar-refractivity contribution in [3.63, 3.8) is 0 Å². The summed E-state index contributed by atoms with van der Waals surface area (Å²) in [6.45, 7) is -0.414. The molecule has 176 valence electrons. The minimum absolute atomic E-state index is 0.00530. The van der Waals surface area contributed by atoms with Crippen molar-refractivity contribution < 1.29 is 19.4 Å². The Morgan fingerprint density at radius 2 is 1.74 bits per heavy atom. The van der Waals surface area contributed by atoms with E-state index < -0.39 is 24.0 Å². The number of nitrogens with zero attached hydrogens (tertiary/aromatic N) is 2. The van der Waals surface area contributed by atoms with Crippen LogP contribution in [-0.2, 0) is 15.1 Å². The van der Waals surface area contributed by atoms with Crippen LogP contribution in [0.5, 0.6) is 5.75 Å². The second-order valence-corrected chi connectivity index (χ2v) is 8.43. The molecule has 35 heavy (non-hydrogen) atoms. The van der Waals surface area contributed by atoms with Crippen molar-refractivity contribution in [1.29, 1.82) is 5.26 Å². The molecule has 0 unspecified atom stereocenters. The van der Waals surface area contributed by atoms with Gasteiger partial charge in [0.2, 0.25) is 0 Å². The molecule has 0 spiro atoms. The molecule has 1 amide bonds. The number of carbonyl (C=O) groups excluding carboxylic acids is 1. The molecule has 4 rings (SSSR count). The molecule has 0 atom stereocenters. The number of rotatable bonds is 8. The first-order chi connectivity index (χ1) is 17.0. The van der Waals surface area contributed by atoms with Gasteiger partial charge in [-0.3, -0.25) is 4.79 Å². The Balaban J connectivity index is 1.53. The zero-order chi connectivity index (χ0) is 24.7. The summed E-state index contributed by atoms with van der Waals surface area (Å²) in [5.41, 5.74) is 2.51. The number of ether oxygens (including phenoxy) is 1. The predicted molar refractivity (Wildman–Crippen MR) is 131 cm³/mol. The number of amides is 1. The average molecular weight is 468 g/mol. The van der Waals surface area contributed by atoms with Crippen molar-refractivity contribution in [2.45, 2.75) is 31.2 Å². The van der Waals surface area contributed by atoms with Gasteiger partial charge in [-0.25, -0.2) is 9.78 Å². The second kappa shape index (κ2) is 10.7. The van der Waals surface area contributed by atoms with Crippen LogP contribution in [0.4, 0.5) is 0 Å². The Morgan fingerprint density at radius 3 is 2.40 bits per heavy atom. The molecule has 1 aliphatic rings. The first-order valence-electron chi connectivity index (χ1n) is 11.4. The van der Waals surface area contributed by atoms with Gasteiger partial charge < -0.3 is 15.2 Å². The van der Waals surface area contributed by atoms with E-state index in [9.17, 15) is 14.9 Å². The summed E-state index contributed by atoms with van der Waals surface area (Å²) in [5.74, 6) is -1.02. The molecule has 7 nitrogen and oxygen atoms in total. The molecule has 1 aliphatic carbocycles. The SMILES string of the molecule is N#CC(=Cc1cccc(-c2ccc(OCC(=O)O)cc2)n1)C(=O)NC1(c2ccccc2)CCCC1. The van der Waals surface area contributed by atoms with Crippen molar-refractivity contribution in [2.24, 2.45) is 0 Å². The number of carboxylic acids is 1. The van der Waals surface area contributed by atoms with E-state index in [1.54, 1.807) is 36.4 Å².